The molecule has 3 rings (SSSR count). The highest BCUT2D eigenvalue weighted by molar-refractivity contribution is 5.88. The van der Waals surface area contributed by atoms with Gasteiger partial charge in [-0.15, -0.1) is 0 Å². The molecule has 2 aliphatic rings. The second-order valence-corrected chi connectivity index (χ2v) is 7.89. The lowest BCUT2D eigenvalue weighted by molar-refractivity contribution is -0.322. The van der Waals surface area contributed by atoms with E-state index in [0.717, 1.165) is 12.2 Å². The largest absolute Gasteiger partial charge is 0.508 e. The SMILES string of the molecule is O=C(C=Cc1ccc(O)cc1)OC1CC(C(=O)O)=CC(O)C1OC1OC(CO)C(O)C(O)C1O. The monoisotopic (exact) mass is 482 g/mol. The van der Waals surface area contributed by atoms with E-state index in [-0.39, 0.29) is 17.7 Å². The van der Waals surface area contributed by atoms with Crippen LogP contribution in [0.15, 0.2) is 42.0 Å². The molecule has 1 aliphatic carbocycles. The van der Waals surface area contributed by atoms with Gasteiger partial charge in [0.1, 0.15) is 48.5 Å². The molecule has 7 N–H and O–H groups in total. The van der Waals surface area contributed by atoms with Gasteiger partial charge in [0, 0.05) is 18.1 Å². The molecule has 12 nitrogen and oxygen atoms in total. The molecule has 1 aromatic rings. The summed E-state index contributed by atoms with van der Waals surface area (Å²) in [5, 5.41) is 68.5. The predicted molar refractivity (Wildman–Crippen MR) is 112 cm³/mol. The molecule has 1 aromatic carbocycles. The molecule has 0 spiro atoms. The summed E-state index contributed by atoms with van der Waals surface area (Å²) in [4.78, 5) is 23.8. The van der Waals surface area contributed by atoms with Gasteiger partial charge in [-0.1, -0.05) is 12.1 Å². The number of hydrogen-bond acceptors (Lipinski definition) is 11. The van der Waals surface area contributed by atoms with Crippen molar-refractivity contribution < 1.29 is 59.5 Å². The van der Waals surface area contributed by atoms with Crippen LogP contribution in [0.4, 0.5) is 0 Å². The van der Waals surface area contributed by atoms with Crippen LogP contribution in [0.3, 0.4) is 0 Å². The minimum Gasteiger partial charge on any atom is -0.508 e. The van der Waals surface area contributed by atoms with Crippen LogP contribution in [0.25, 0.3) is 6.08 Å². The van der Waals surface area contributed by atoms with E-state index in [1.54, 1.807) is 12.1 Å². The van der Waals surface area contributed by atoms with Gasteiger partial charge in [-0.3, -0.25) is 0 Å². The Bertz CT molecular complexity index is 924. The number of aliphatic hydroxyl groups excluding tert-OH is 5. The van der Waals surface area contributed by atoms with E-state index in [2.05, 4.69) is 0 Å². The lowest BCUT2D eigenvalue weighted by atomic mass is 9.91. The molecule has 1 fully saturated rings. The first kappa shape index (κ1) is 25.8. The number of aliphatic hydroxyl groups is 5. The number of rotatable bonds is 7. The molecule has 0 aromatic heterocycles. The Balaban J connectivity index is 1.77. The maximum atomic E-state index is 12.4. The van der Waals surface area contributed by atoms with E-state index in [0.29, 0.717) is 5.56 Å². The molecule has 1 heterocycles. The van der Waals surface area contributed by atoms with Crippen LogP contribution in [0.1, 0.15) is 12.0 Å². The topological polar surface area (TPSA) is 203 Å². The lowest BCUT2D eigenvalue weighted by Crippen LogP contribution is -2.61. The molecule has 12 heteroatoms. The van der Waals surface area contributed by atoms with Crippen LogP contribution in [-0.2, 0) is 23.8 Å². The van der Waals surface area contributed by atoms with Crippen LogP contribution >= 0.6 is 0 Å². The fourth-order valence-corrected chi connectivity index (χ4v) is 3.63. The number of esters is 1. The van der Waals surface area contributed by atoms with Gasteiger partial charge in [0.15, 0.2) is 6.29 Å². The molecule has 0 saturated carbocycles. The summed E-state index contributed by atoms with van der Waals surface area (Å²) >= 11 is 0. The maximum absolute atomic E-state index is 12.4. The zero-order chi connectivity index (χ0) is 25.0. The van der Waals surface area contributed by atoms with Crippen LogP contribution in [-0.4, -0.2) is 103 Å². The third-order valence-electron chi connectivity index (χ3n) is 5.48. The van der Waals surface area contributed by atoms with Crippen molar-refractivity contribution in [1.82, 2.24) is 0 Å². The normalized spacial score (nSPS) is 34.0. The highest BCUT2D eigenvalue weighted by atomic mass is 16.7. The van der Waals surface area contributed by atoms with E-state index < -0.39 is 67.6 Å². The molecule has 8 unspecified atom stereocenters. The van der Waals surface area contributed by atoms with Crippen molar-refractivity contribution in [2.24, 2.45) is 0 Å². The van der Waals surface area contributed by atoms with Crippen molar-refractivity contribution in [2.75, 3.05) is 6.61 Å². The summed E-state index contributed by atoms with van der Waals surface area (Å²) in [6.45, 7) is -0.707. The lowest BCUT2D eigenvalue weighted by Gasteiger charge is -2.42. The highest BCUT2D eigenvalue weighted by Gasteiger charge is 2.47. The van der Waals surface area contributed by atoms with Gasteiger partial charge in [0.2, 0.25) is 0 Å². The van der Waals surface area contributed by atoms with Crippen molar-refractivity contribution in [3.8, 4) is 5.75 Å². The molecule has 8 atom stereocenters. The Labute approximate surface area is 193 Å². The second-order valence-electron chi connectivity index (χ2n) is 7.89. The van der Waals surface area contributed by atoms with E-state index in [9.17, 15) is 45.3 Å². The number of carboxylic acids is 1. The summed E-state index contributed by atoms with van der Waals surface area (Å²) in [5.74, 6) is -2.19. The zero-order valence-corrected chi connectivity index (χ0v) is 17.7. The summed E-state index contributed by atoms with van der Waals surface area (Å²) in [6.07, 6.45) is -9.28. The Morgan fingerprint density at radius 2 is 1.74 bits per heavy atom. The molecular formula is C22H26O12. The quantitative estimate of drug-likeness (QED) is 0.171. The average Bonchev–Trinajstić information content (AvgIpc) is 2.80. The van der Waals surface area contributed by atoms with Gasteiger partial charge in [-0.05, 0) is 29.8 Å². The fraction of sp³-hybridized carbons (Fsp3) is 0.455. The molecule has 0 amide bonds. The molecule has 0 radical (unpaired) electrons. The molecule has 186 valence electrons. The Kier molecular flexibility index (Phi) is 8.38. The number of ether oxygens (including phenoxy) is 3. The van der Waals surface area contributed by atoms with Crippen molar-refractivity contribution >= 4 is 18.0 Å². The Morgan fingerprint density at radius 1 is 1.06 bits per heavy atom. The standard InChI is InChI=1S/C22H26O12/c23-9-15-17(27)18(28)19(29)22(33-15)34-20-13(25)7-11(21(30)31)8-14(20)32-16(26)6-3-10-1-4-12(24)5-2-10/h1-7,13-15,17-20,22-25,27-29H,8-9H2,(H,30,31). The van der Waals surface area contributed by atoms with Crippen molar-refractivity contribution in [3.63, 3.8) is 0 Å². The molecule has 1 aliphatic heterocycles. The van der Waals surface area contributed by atoms with Crippen LogP contribution in [0, 0.1) is 0 Å². The second kappa shape index (κ2) is 11.1. The highest BCUT2D eigenvalue weighted by Crippen LogP contribution is 2.30. The van der Waals surface area contributed by atoms with Gasteiger partial charge in [-0.2, -0.15) is 0 Å². The number of hydrogen-bond donors (Lipinski definition) is 7. The van der Waals surface area contributed by atoms with Crippen LogP contribution in [0.5, 0.6) is 5.75 Å². The Hall–Kier alpha value is -2.84. The first-order chi connectivity index (χ1) is 16.1. The smallest absolute Gasteiger partial charge is 0.331 e. The third kappa shape index (κ3) is 5.98. The van der Waals surface area contributed by atoms with E-state index in [4.69, 9.17) is 14.2 Å². The number of phenols is 1. The van der Waals surface area contributed by atoms with Crippen LogP contribution in [0.2, 0.25) is 0 Å². The third-order valence-corrected chi connectivity index (χ3v) is 5.48. The fourth-order valence-electron chi connectivity index (χ4n) is 3.63. The van der Waals surface area contributed by atoms with E-state index in [1.807, 2.05) is 0 Å². The minimum absolute atomic E-state index is 0.0390. The number of benzene rings is 1. The number of carbonyl (C=O) groups excluding carboxylic acids is 1. The molecule has 34 heavy (non-hydrogen) atoms. The molecular weight excluding hydrogens is 456 g/mol. The van der Waals surface area contributed by atoms with Crippen molar-refractivity contribution in [2.45, 2.75) is 55.4 Å². The number of aliphatic carboxylic acids is 1. The van der Waals surface area contributed by atoms with E-state index in [1.165, 1.54) is 18.2 Å². The summed E-state index contributed by atoms with van der Waals surface area (Å²) < 4.78 is 16.1. The first-order valence-electron chi connectivity index (χ1n) is 10.4. The average molecular weight is 482 g/mol. The maximum Gasteiger partial charge on any atom is 0.331 e. The van der Waals surface area contributed by atoms with Gasteiger partial charge >= 0.3 is 11.9 Å². The summed E-state index contributed by atoms with van der Waals surface area (Å²) in [7, 11) is 0. The zero-order valence-electron chi connectivity index (χ0n) is 17.7. The van der Waals surface area contributed by atoms with Crippen LogP contribution < -0.4 is 0 Å². The first-order valence-corrected chi connectivity index (χ1v) is 10.4. The van der Waals surface area contributed by atoms with Gasteiger partial charge in [0.05, 0.1) is 6.61 Å². The van der Waals surface area contributed by atoms with Gasteiger partial charge in [-0.25, -0.2) is 9.59 Å². The minimum atomic E-state index is -1.78. The number of carbonyl (C=O) groups is 2. The van der Waals surface area contributed by atoms with Crippen molar-refractivity contribution in [3.05, 3.63) is 47.6 Å². The predicted octanol–water partition coefficient (Wildman–Crippen LogP) is -1.72. The number of aromatic hydroxyl groups is 1. The number of phenolic OH excluding ortho intramolecular Hbond substituents is 1. The molecule has 0 bridgehead atoms. The summed E-state index contributed by atoms with van der Waals surface area (Å²) in [6, 6.07) is 5.91. The number of carboxylic acid groups (broad SMARTS) is 1. The van der Waals surface area contributed by atoms with Gasteiger partial charge < -0.3 is 50.0 Å². The van der Waals surface area contributed by atoms with Crippen molar-refractivity contribution in [1.29, 1.82) is 0 Å². The van der Waals surface area contributed by atoms with E-state index >= 15 is 0 Å². The molecule has 1 saturated heterocycles. The Morgan fingerprint density at radius 3 is 2.35 bits per heavy atom. The van der Waals surface area contributed by atoms with Gasteiger partial charge in [0.25, 0.3) is 0 Å². The summed E-state index contributed by atoms with van der Waals surface area (Å²) in [5.41, 5.74) is 0.333.